The van der Waals surface area contributed by atoms with Gasteiger partial charge in [0.1, 0.15) is 0 Å². The standard InChI is InChI=1S/C40H70O3/c1-5-6-7-8-9-10-11-12-13-14-15-16-17-18-29-43-38(42)24-19-31(2)35-22-23-36-34-21-20-32-30-33(41)25-27-39(32,3)37(34)26-28-40(35,36)4/h20,31,33-37,41H,5-19,21-30H2,1-4H3/t31-,33+,34+,35-,36+,37+,39+,40-/m1/s1. The summed E-state index contributed by atoms with van der Waals surface area (Å²) in [6, 6.07) is 0. The molecular weight excluding hydrogens is 528 g/mol. The molecule has 0 aliphatic heterocycles. The van der Waals surface area contributed by atoms with E-state index in [9.17, 15) is 9.90 Å². The van der Waals surface area contributed by atoms with Gasteiger partial charge in [0, 0.05) is 6.42 Å². The van der Waals surface area contributed by atoms with Crippen LogP contribution in [-0.4, -0.2) is 23.8 Å². The quantitative estimate of drug-likeness (QED) is 0.0914. The number of allylic oxidation sites excluding steroid dienone is 1. The number of aliphatic hydroxyl groups excluding tert-OH is 1. The van der Waals surface area contributed by atoms with Gasteiger partial charge in [-0.3, -0.25) is 4.79 Å². The SMILES string of the molecule is CCCCCCCCCCCCCCCCOC(=O)CC[C@@H](C)[C@H]1CC[C@H]2[C@@H]3CC=C4C[C@@H](O)CC[C@]4(C)[C@H]3CC[C@]12C. The first kappa shape index (κ1) is 35.0. The van der Waals surface area contributed by atoms with Crippen LogP contribution in [-0.2, 0) is 9.53 Å². The second-order valence-electron chi connectivity index (χ2n) is 16.2. The molecule has 0 aromatic rings. The second kappa shape index (κ2) is 17.2. The second-order valence-corrected chi connectivity index (χ2v) is 16.2. The molecule has 0 aromatic carbocycles. The molecule has 0 heterocycles. The maximum Gasteiger partial charge on any atom is 0.305 e. The Balaban J connectivity index is 1.06. The zero-order valence-electron chi connectivity index (χ0n) is 29.0. The molecule has 3 saturated carbocycles. The van der Waals surface area contributed by atoms with Crippen molar-refractivity contribution < 1.29 is 14.6 Å². The Labute approximate surface area is 266 Å². The molecule has 0 bridgehead atoms. The predicted molar refractivity (Wildman–Crippen MR) is 181 cm³/mol. The van der Waals surface area contributed by atoms with Crippen LogP contribution < -0.4 is 0 Å². The van der Waals surface area contributed by atoms with Crippen molar-refractivity contribution >= 4 is 5.97 Å². The van der Waals surface area contributed by atoms with Crippen LogP contribution in [0.5, 0.6) is 0 Å². The highest BCUT2D eigenvalue weighted by atomic mass is 16.5. The van der Waals surface area contributed by atoms with Gasteiger partial charge in [-0.2, -0.15) is 0 Å². The van der Waals surface area contributed by atoms with Crippen LogP contribution in [0.4, 0.5) is 0 Å². The van der Waals surface area contributed by atoms with Crippen molar-refractivity contribution in [2.45, 2.75) is 188 Å². The highest BCUT2D eigenvalue weighted by molar-refractivity contribution is 5.69. The van der Waals surface area contributed by atoms with Crippen LogP contribution in [0.1, 0.15) is 182 Å². The summed E-state index contributed by atoms with van der Waals surface area (Å²) in [5.41, 5.74) is 2.32. The van der Waals surface area contributed by atoms with E-state index in [4.69, 9.17) is 4.74 Å². The molecule has 0 radical (unpaired) electrons. The van der Waals surface area contributed by atoms with Crippen molar-refractivity contribution in [2.24, 2.45) is 40.4 Å². The number of carbonyl (C=O) groups is 1. The molecule has 4 aliphatic carbocycles. The third-order valence-corrected chi connectivity index (χ3v) is 13.4. The first-order valence-corrected chi connectivity index (χ1v) is 19.3. The number of carbonyl (C=O) groups excluding carboxylic acids is 1. The van der Waals surface area contributed by atoms with E-state index in [0.29, 0.717) is 29.8 Å². The van der Waals surface area contributed by atoms with Gasteiger partial charge in [-0.1, -0.05) is 123 Å². The molecule has 4 rings (SSSR count). The number of esters is 1. The van der Waals surface area contributed by atoms with Gasteiger partial charge >= 0.3 is 5.97 Å². The molecule has 0 saturated heterocycles. The average Bonchev–Trinajstić information content (AvgIpc) is 3.35. The largest absolute Gasteiger partial charge is 0.466 e. The first-order valence-electron chi connectivity index (χ1n) is 19.3. The molecule has 0 aromatic heterocycles. The highest BCUT2D eigenvalue weighted by Crippen LogP contribution is 2.67. The van der Waals surface area contributed by atoms with Crippen LogP contribution in [0.3, 0.4) is 0 Å². The van der Waals surface area contributed by atoms with Crippen LogP contribution >= 0.6 is 0 Å². The number of ether oxygens (including phenoxy) is 1. The summed E-state index contributed by atoms with van der Waals surface area (Å²) in [5.74, 6) is 3.81. The van der Waals surface area contributed by atoms with Gasteiger partial charge in [-0.05, 0) is 105 Å². The van der Waals surface area contributed by atoms with Crippen molar-refractivity contribution in [3.05, 3.63) is 11.6 Å². The normalized spacial score (nSPS) is 34.2. The molecule has 3 fully saturated rings. The Morgan fingerprint density at radius 2 is 1.49 bits per heavy atom. The summed E-state index contributed by atoms with van der Waals surface area (Å²) >= 11 is 0. The maximum absolute atomic E-state index is 12.6. The summed E-state index contributed by atoms with van der Waals surface area (Å²) in [6.07, 6.45) is 32.7. The smallest absolute Gasteiger partial charge is 0.305 e. The van der Waals surface area contributed by atoms with Crippen LogP contribution in [0, 0.1) is 40.4 Å². The number of hydrogen-bond acceptors (Lipinski definition) is 3. The predicted octanol–water partition coefficient (Wildman–Crippen LogP) is 11.4. The van der Waals surface area contributed by atoms with Crippen molar-refractivity contribution in [2.75, 3.05) is 6.61 Å². The number of rotatable bonds is 19. The Bertz CT molecular complexity index is 864. The molecule has 4 aliphatic rings. The van der Waals surface area contributed by atoms with Crippen molar-refractivity contribution in [3.8, 4) is 0 Å². The van der Waals surface area contributed by atoms with E-state index in [1.807, 2.05) is 0 Å². The van der Waals surface area contributed by atoms with E-state index in [2.05, 4.69) is 33.8 Å². The third kappa shape index (κ3) is 9.13. The van der Waals surface area contributed by atoms with Crippen LogP contribution in [0.2, 0.25) is 0 Å². The highest BCUT2D eigenvalue weighted by Gasteiger charge is 2.59. The van der Waals surface area contributed by atoms with Crippen LogP contribution in [0.15, 0.2) is 11.6 Å². The van der Waals surface area contributed by atoms with Gasteiger partial charge in [0.2, 0.25) is 0 Å². The average molecular weight is 599 g/mol. The zero-order valence-corrected chi connectivity index (χ0v) is 29.0. The first-order chi connectivity index (χ1) is 20.8. The summed E-state index contributed by atoms with van der Waals surface area (Å²) < 4.78 is 5.67. The minimum absolute atomic E-state index is 0.0299. The summed E-state index contributed by atoms with van der Waals surface area (Å²) in [5, 5.41) is 10.3. The third-order valence-electron chi connectivity index (χ3n) is 13.4. The van der Waals surface area contributed by atoms with Crippen molar-refractivity contribution in [1.29, 1.82) is 0 Å². The van der Waals surface area contributed by atoms with Gasteiger partial charge in [0.05, 0.1) is 12.7 Å². The van der Waals surface area contributed by atoms with E-state index in [1.54, 1.807) is 5.57 Å². The lowest BCUT2D eigenvalue weighted by atomic mass is 9.47. The van der Waals surface area contributed by atoms with E-state index >= 15 is 0 Å². The molecular formula is C40H70O3. The van der Waals surface area contributed by atoms with Gasteiger partial charge in [-0.15, -0.1) is 0 Å². The Morgan fingerprint density at radius 1 is 0.860 bits per heavy atom. The molecule has 0 unspecified atom stereocenters. The van der Waals surface area contributed by atoms with E-state index in [0.717, 1.165) is 49.4 Å². The Kier molecular flexibility index (Phi) is 14.0. The molecule has 248 valence electrons. The molecule has 43 heavy (non-hydrogen) atoms. The lowest BCUT2D eigenvalue weighted by molar-refractivity contribution is -0.144. The molecule has 8 atom stereocenters. The van der Waals surface area contributed by atoms with E-state index in [1.165, 1.54) is 122 Å². The van der Waals surface area contributed by atoms with Gasteiger partial charge in [-0.25, -0.2) is 0 Å². The monoisotopic (exact) mass is 599 g/mol. The number of unbranched alkanes of at least 4 members (excludes halogenated alkanes) is 13. The lowest BCUT2D eigenvalue weighted by Gasteiger charge is -2.58. The van der Waals surface area contributed by atoms with Crippen molar-refractivity contribution in [3.63, 3.8) is 0 Å². The molecule has 1 N–H and O–H groups in total. The van der Waals surface area contributed by atoms with Gasteiger partial charge < -0.3 is 9.84 Å². The molecule has 0 spiro atoms. The molecule has 3 heteroatoms. The zero-order chi connectivity index (χ0) is 30.7. The fourth-order valence-corrected chi connectivity index (χ4v) is 10.7. The summed E-state index contributed by atoms with van der Waals surface area (Å²) in [4.78, 5) is 12.6. The van der Waals surface area contributed by atoms with E-state index in [-0.39, 0.29) is 12.1 Å². The molecule has 0 amide bonds. The fourth-order valence-electron chi connectivity index (χ4n) is 10.7. The minimum Gasteiger partial charge on any atom is -0.466 e. The molecule has 3 nitrogen and oxygen atoms in total. The van der Waals surface area contributed by atoms with Crippen LogP contribution in [0.25, 0.3) is 0 Å². The number of fused-ring (bicyclic) bond motifs is 5. The van der Waals surface area contributed by atoms with E-state index < -0.39 is 0 Å². The minimum atomic E-state index is -0.118. The lowest BCUT2D eigenvalue weighted by Crippen LogP contribution is -2.50. The maximum atomic E-state index is 12.6. The number of aliphatic hydroxyl groups is 1. The number of hydrogen-bond donors (Lipinski definition) is 1. The Morgan fingerprint density at radius 3 is 2.14 bits per heavy atom. The fraction of sp³-hybridized carbons (Fsp3) is 0.925. The summed E-state index contributed by atoms with van der Waals surface area (Å²) in [7, 11) is 0. The summed E-state index contributed by atoms with van der Waals surface area (Å²) in [6.45, 7) is 10.5. The van der Waals surface area contributed by atoms with Gasteiger partial charge in [0.15, 0.2) is 0 Å². The van der Waals surface area contributed by atoms with Gasteiger partial charge in [0.25, 0.3) is 0 Å². The Hall–Kier alpha value is -0.830. The topological polar surface area (TPSA) is 46.5 Å². The van der Waals surface area contributed by atoms with Crippen molar-refractivity contribution in [1.82, 2.24) is 0 Å².